The first kappa shape index (κ1) is 17.9. The number of benzene rings is 1. The normalized spacial score (nSPS) is 16.4. The number of rotatable bonds is 9. The van der Waals surface area contributed by atoms with Gasteiger partial charge in [0.1, 0.15) is 5.82 Å². The summed E-state index contributed by atoms with van der Waals surface area (Å²) in [4.78, 5) is 12.3. The molecular formula is C19H29FN2O. The van der Waals surface area contributed by atoms with Crippen molar-refractivity contribution >= 4 is 5.91 Å². The molecule has 4 heteroatoms. The first-order valence-electron chi connectivity index (χ1n) is 8.96. The number of hydrogen-bond acceptors (Lipinski definition) is 2. The van der Waals surface area contributed by atoms with Crippen LogP contribution in [-0.2, 0) is 4.79 Å². The summed E-state index contributed by atoms with van der Waals surface area (Å²) in [6, 6.07) is 6.65. The van der Waals surface area contributed by atoms with Crippen molar-refractivity contribution in [2.45, 2.75) is 63.8 Å². The molecule has 1 unspecified atom stereocenters. The van der Waals surface area contributed by atoms with Crippen LogP contribution in [0.2, 0.25) is 0 Å². The Kier molecular flexibility index (Phi) is 7.53. The molecule has 1 atom stereocenters. The number of carbonyl (C=O) groups excluding carboxylic acids is 1. The lowest BCUT2D eigenvalue weighted by atomic mass is 9.91. The fraction of sp³-hybridized carbons (Fsp3) is 0.632. The molecular weight excluding hydrogens is 291 g/mol. The summed E-state index contributed by atoms with van der Waals surface area (Å²) < 4.78 is 14.2. The smallest absolute Gasteiger partial charge is 0.220 e. The van der Waals surface area contributed by atoms with E-state index in [2.05, 4.69) is 5.32 Å². The van der Waals surface area contributed by atoms with Crippen molar-refractivity contribution in [2.75, 3.05) is 6.54 Å². The molecule has 1 aromatic carbocycles. The second-order valence-corrected chi connectivity index (χ2v) is 6.56. The summed E-state index contributed by atoms with van der Waals surface area (Å²) in [7, 11) is 0. The maximum absolute atomic E-state index is 14.2. The molecule has 1 saturated carbocycles. The van der Waals surface area contributed by atoms with E-state index >= 15 is 0 Å². The molecule has 23 heavy (non-hydrogen) atoms. The Labute approximate surface area is 138 Å². The zero-order chi connectivity index (χ0) is 16.5. The van der Waals surface area contributed by atoms with Crippen LogP contribution in [0.3, 0.4) is 0 Å². The minimum atomic E-state index is -0.215. The van der Waals surface area contributed by atoms with E-state index in [-0.39, 0.29) is 17.8 Å². The maximum atomic E-state index is 14.2. The van der Waals surface area contributed by atoms with E-state index in [4.69, 9.17) is 5.73 Å². The number of hydrogen-bond donors (Lipinski definition) is 2. The van der Waals surface area contributed by atoms with Gasteiger partial charge in [-0.25, -0.2) is 4.39 Å². The van der Waals surface area contributed by atoms with Crippen molar-refractivity contribution < 1.29 is 9.18 Å². The van der Waals surface area contributed by atoms with Crippen molar-refractivity contribution in [1.82, 2.24) is 5.32 Å². The van der Waals surface area contributed by atoms with Crippen LogP contribution in [0.25, 0.3) is 0 Å². The number of carbonyl (C=O) groups is 1. The second-order valence-electron chi connectivity index (χ2n) is 6.56. The molecule has 0 spiro atoms. The number of amides is 1. The Morgan fingerprint density at radius 1 is 1.17 bits per heavy atom. The maximum Gasteiger partial charge on any atom is 0.220 e. The topological polar surface area (TPSA) is 55.1 Å². The Morgan fingerprint density at radius 3 is 2.57 bits per heavy atom. The molecule has 0 heterocycles. The van der Waals surface area contributed by atoms with E-state index in [1.807, 2.05) is 6.07 Å². The zero-order valence-electron chi connectivity index (χ0n) is 13.9. The van der Waals surface area contributed by atoms with E-state index in [1.165, 1.54) is 18.9 Å². The van der Waals surface area contributed by atoms with Crippen LogP contribution in [-0.4, -0.2) is 12.5 Å². The van der Waals surface area contributed by atoms with Gasteiger partial charge in [-0.05, 0) is 44.2 Å². The third-order valence-electron chi connectivity index (χ3n) is 4.79. The molecule has 0 saturated heterocycles. The van der Waals surface area contributed by atoms with Gasteiger partial charge in [0, 0.05) is 12.0 Å². The second kappa shape index (κ2) is 9.66. The van der Waals surface area contributed by atoms with Crippen LogP contribution in [0.15, 0.2) is 24.3 Å². The molecule has 2 rings (SSSR count). The van der Waals surface area contributed by atoms with Crippen molar-refractivity contribution in [3.8, 4) is 0 Å². The number of nitrogens with two attached hydrogens (primary N) is 1. The lowest BCUT2D eigenvalue weighted by molar-refractivity contribution is -0.122. The first-order valence-corrected chi connectivity index (χ1v) is 8.96. The minimum Gasteiger partial charge on any atom is -0.349 e. The van der Waals surface area contributed by atoms with E-state index in [9.17, 15) is 9.18 Å². The molecule has 0 radical (unpaired) electrons. The molecule has 1 aliphatic rings. The summed E-state index contributed by atoms with van der Waals surface area (Å²) >= 11 is 0. The SMILES string of the molecule is NCCCCCCC(=O)NC(c1ccccc1F)C1CCCC1. The average Bonchev–Trinajstić information content (AvgIpc) is 3.07. The molecule has 3 N–H and O–H groups in total. The van der Waals surface area contributed by atoms with Gasteiger partial charge in [0.05, 0.1) is 6.04 Å². The number of unbranched alkanes of at least 4 members (excludes halogenated alkanes) is 3. The summed E-state index contributed by atoms with van der Waals surface area (Å²) in [6.45, 7) is 0.712. The quantitative estimate of drug-likeness (QED) is 0.674. The van der Waals surface area contributed by atoms with Gasteiger partial charge in [-0.15, -0.1) is 0 Å². The van der Waals surface area contributed by atoms with Gasteiger partial charge in [-0.2, -0.15) is 0 Å². The molecule has 128 valence electrons. The van der Waals surface area contributed by atoms with E-state index in [1.54, 1.807) is 12.1 Å². The number of halogens is 1. The molecule has 0 aromatic heterocycles. The van der Waals surface area contributed by atoms with Gasteiger partial charge in [0.2, 0.25) is 5.91 Å². The molecule has 0 aliphatic heterocycles. The van der Waals surface area contributed by atoms with Gasteiger partial charge in [0.15, 0.2) is 0 Å². The molecule has 1 aromatic rings. The minimum absolute atomic E-state index is 0.0397. The van der Waals surface area contributed by atoms with Crippen LogP contribution in [0.1, 0.15) is 69.4 Å². The standard InChI is InChI=1S/C19H29FN2O/c20-17-12-7-6-11-16(17)19(15-9-4-5-10-15)22-18(23)13-3-1-2-8-14-21/h6-7,11-12,15,19H,1-5,8-10,13-14,21H2,(H,22,23). The van der Waals surface area contributed by atoms with Crippen LogP contribution in [0, 0.1) is 11.7 Å². The molecule has 1 amide bonds. The average molecular weight is 320 g/mol. The van der Waals surface area contributed by atoms with Gasteiger partial charge >= 0.3 is 0 Å². The van der Waals surface area contributed by atoms with Crippen LogP contribution in [0.5, 0.6) is 0 Å². The third kappa shape index (κ3) is 5.61. The third-order valence-corrected chi connectivity index (χ3v) is 4.79. The van der Waals surface area contributed by atoms with E-state index in [0.29, 0.717) is 24.4 Å². The van der Waals surface area contributed by atoms with Gasteiger partial charge in [-0.3, -0.25) is 4.79 Å². The monoisotopic (exact) mass is 320 g/mol. The predicted molar refractivity (Wildman–Crippen MR) is 91.4 cm³/mol. The van der Waals surface area contributed by atoms with Gasteiger partial charge in [0.25, 0.3) is 0 Å². The predicted octanol–water partition coefficient (Wildman–Crippen LogP) is 4.08. The molecule has 1 aliphatic carbocycles. The van der Waals surface area contributed by atoms with Crippen molar-refractivity contribution in [1.29, 1.82) is 0 Å². The summed E-state index contributed by atoms with van der Waals surface area (Å²) in [6.07, 6.45) is 8.98. The fourth-order valence-corrected chi connectivity index (χ4v) is 3.50. The van der Waals surface area contributed by atoms with Gasteiger partial charge in [-0.1, -0.05) is 43.9 Å². The lowest BCUT2D eigenvalue weighted by Crippen LogP contribution is -2.33. The lowest BCUT2D eigenvalue weighted by Gasteiger charge is -2.25. The zero-order valence-corrected chi connectivity index (χ0v) is 13.9. The molecule has 0 bridgehead atoms. The summed E-state index contributed by atoms with van der Waals surface area (Å²) in [5, 5.41) is 3.10. The van der Waals surface area contributed by atoms with Crippen LogP contribution < -0.4 is 11.1 Å². The van der Waals surface area contributed by atoms with Crippen molar-refractivity contribution in [3.63, 3.8) is 0 Å². The van der Waals surface area contributed by atoms with Gasteiger partial charge < -0.3 is 11.1 Å². The highest BCUT2D eigenvalue weighted by Gasteiger charge is 2.29. The Bertz CT molecular complexity index is 486. The first-order chi connectivity index (χ1) is 11.2. The molecule has 3 nitrogen and oxygen atoms in total. The Morgan fingerprint density at radius 2 is 1.87 bits per heavy atom. The summed E-state index contributed by atoms with van der Waals surface area (Å²) in [5.74, 6) is 0.179. The van der Waals surface area contributed by atoms with Crippen LogP contribution >= 0.6 is 0 Å². The fourth-order valence-electron chi connectivity index (χ4n) is 3.50. The highest BCUT2D eigenvalue weighted by atomic mass is 19.1. The van der Waals surface area contributed by atoms with E-state index in [0.717, 1.165) is 38.5 Å². The largest absolute Gasteiger partial charge is 0.349 e. The Balaban J connectivity index is 1.93. The Hall–Kier alpha value is -1.42. The summed E-state index contributed by atoms with van der Waals surface area (Å²) in [5.41, 5.74) is 6.11. The van der Waals surface area contributed by atoms with Crippen molar-refractivity contribution in [2.24, 2.45) is 11.7 Å². The number of nitrogens with one attached hydrogen (secondary N) is 1. The van der Waals surface area contributed by atoms with E-state index < -0.39 is 0 Å². The highest BCUT2D eigenvalue weighted by molar-refractivity contribution is 5.76. The van der Waals surface area contributed by atoms with Crippen LogP contribution in [0.4, 0.5) is 4.39 Å². The highest BCUT2D eigenvalue weighted by Crippen LogP contribution is 2.36. The van der Waals surface area contributed by atoms with Crippen molar-refractivity contribution in [3.05, 3.63) is 35.6 Å². The molecule has 1 fully saturated rings.